The Kier molecular flexibility index (Phi) is 4.34. The molecule has 1 aliphatic rings. The van der Waals surface area contributed by atoms with Gasteiger partial charge in [0.15, 0.2) is 0 Å². The molecule has 98 valence electrons. The van der Waals surface area contributed by atoms with Crippen molar-refractivity contribution >= 4 is 12.0 Å². The van der Waals surface area contributed by atoms with E-state index >= 15 is 0 Å². The maximum absolute atomic E-state index is 12.1. The van der Waals surface area contributed by atoms with Gasteiger partial charge in [0.1, 0.15) is 6.04 Å². The first-order valence-electron chi connectivity index (χ1n) is 5.82. The first-order valence-corrected chi connectivity index (χ1v) is 5.82. The van der Waals surface area contributed by atoms with Crippen molar-refractivity contribution < 1.29 is 19.8 Å². The van der Waals surface area contributed by atoms with E-state index in [0.29, 0.717) is 0 Å². The number of carbonyl (C=O) groups is 2. The summed E-state index contributed by atoms with van der Waals surface area (Å²) in [7, 11) is 1.65. The van der Waals surface area contributed by atoms with Gasteiger partial charge in [-0.3, -0.25) is 0 Å². The van der Waals surface area contributed by atoms with E-state index in [0.717, 1.165) is 6.42 Å². The van der Waals surface area contributed by atoms with Crippen LogP contribution in [0.15, 0.2) is 0 Å². The Morgan fingerprint density at radius 3 is 2.59 bits per heavy atom. The van der Waals surface area contributed by atoms with Crippen LogP contribution in [-0.4, -0.2) is 63.8 Å². The number of aliphatic hydroxyl groups excluding tert-OH is 1. The molecule has 1 saturated heterocycles. The third-order valence-electron chi connectivity index (χ3n) is 3.36. The molecule has 0 aromatic carbocycles. The van der Waals surface area contributed by atoms with Gasteiger partial charge in [-0.2, -0.15) is 0 Å². The third-order valence-corrected chi connectivity index (χ3v) is 3.36. The van der Waals surface area contributed by atoms with Crippen LogP contribution in [0.1, 0.15) is 26.7 Å². The van der Waals surface area contributed by atoms with Crippen molar-refractivity contribution in [2.75, 3.05) is 13.6 Å². The van der Waals surface area contributed by atoms with E-state index in [4.69, 9.17) is 5.11 Å². The number of β-amino-alcohol motifs (C(OH)–C–C–N with tert-alkyl or cyclic N) is 1. The van der Waals surface area contributed by atoms with E-state index in [1.165, 1.54) is 9.80 Å². The minimum atomic E-state index is -1.06. The molecule has 0 aromatic heterocycles. The number of urea groups is 1. The van der Waals surface area contributed by atoms with Crippen LogP contribution in [0.3, 0.4) is 0 Å². The second kappa shape index (κ2) is 5.35. The van der Waals surface area contributed by atoms with Gasteiger partial charge in [-0.1, -0.05) is 6.92 Å². The van der Waals surface area contributed by atoms with Crippen molar-refractivity contribution in [3.05, 3.63) is 0 Å². The van der Waals surface area contributed by atoms with Gasteiger partial charge >= 0.3 is 12.0 Å². The standard InChI is InChI=1S/C11H20N2O4/c1-4-7(2)12(3)11(17)13-6-8(14)5-9(13)10(15)16/h7-9,14H,4-6H2,1-3H3,(H,15,16)/t7?,8?,9-/m0/s1. The Bertz CT molecular complexity index is 308. The van der Waals surface area contributed by atoms with Crippen molar-refractivity contribution in [1.82, 2.24) is 9.80 Å². The zero-order valence-corrected chi connectivity index (χ0v) is 10.5. The Morgan fingerprint density at radius 1 is 1.53 bits per heavy atom. The van der Waals surface area contributed by atoms with Gasteiger partial charge in [-0.25, -0.2) is 9.59 Å². The molecule has 0 aliphatic carbocycles. The zero-order chi connectivity index (χ0) is 13.2. The average molecular weight is 244 g/mol. The van der Waals surface area contributed by atoms with Crippen LogP contribution < -0.4 is 0 Å². The molecule has 6 nitrogen and oxygen atoms in total. The largest absolute Gasteiger partial charge is 0.480 e. The molecule has 0 radical (unpaired) electrons. The number of carbonyl (C=O) groups excluding carboxylic acids is 1. The summed E-state index contributed by atoms with van der Waals surface area (Å²) >= 11 is 0. The number of nitrogens with zero attached hydrogens (tertiary/aromatic N) is 2. The highest BCUT2D eigenvalue weighted by molar-refractivity contribution is 5.83. The number of likely N-dealkylation sites (tertiary alicyclic amines) is 1. The summed E-state index contributed by atoms with van der Waals surface area (Å²) in [6, 6.07) is -1.19. The SMILES string of the molecule is CCC(C)N(C)C(=O)N1CC(O)C[C@H]1C(=O)O. The highest BCUT2D eigenvalue weighted by Crippen LogP contribution is 2.20. The Morgan fingerprint density at radius 2 is 2.12 bits per heavy atom. The maximum atomic E-state index is 12.1. The van der Waals surface area contributed by atoms with Crippen molar-refractivity contribution in [2.24, 2.45) is 0 Å². The number of hydrogen-bond acceptors (Lipinski definition) is 3. The molecule has 0 spiro atoms. The number of hydrogen-bond donors (Lipinski definition) is 2. The van der Waals surface area contributed by atoms with E-state index in [1.54, 1.807) is 7.05 Å². The van der Waals surface area contributed by atoms with Crippen LogP contribution in [0.2, 0.25) is 0 Å². The van der Waals surface area contributed by atoms with Crippen molar-refractivity contribution in [1.29, 1.82) is 0 Å². The number of carboxylic acids is 1. The summed E-state index contributed by atoms with van der Waals surface area (Å²) in [5.74, 6) is -1.06. The molecule has 3 atom stereocenters. The lowest BCUT2D eigenvalue weighted by Gasteiger charge is -2.31. The number of aliphatic carboxylic acids is 1. The minimum absolute atomic E-state index is 0.0506. The zero-order valence-electron chi connectivity index (χ0n) is 10.5. The van der Waals surface area contributed by atoms with E-state index < -0.39 is 18.1 Å². The summed E-state index contributed by atoms with van der Waals surface area (Å²) in [5.41, 5.74) is 0. The van der Waals surface area contributed by atoms with Gasteiger partial charge in [0.25, 0.3) is 0 Å². The van der Waals surface area contributed by atoms with Gasteiger partial charge in [-0.15, -0.1) is 0 Å². The number of rotatable bonds is 3. The van der Waals surface area contributed by atoms with Gasteiger partial charge in [-0.05, 0) is 13.3 Å². The van der Waals surface area contributed by atoms with Crippen LogP contribution in [0.4, 0.5) is 4.79 Å². The van der Waals surface area contributed by atoms with E-state index in [2.05, 4.69) is 0 Å². The molecule has 2 unspecified atom stereocenters. The third kappa shape index (κ3) is 2.88. The second-order valence-electron chi connectivity index (χ2n) is 4.55. The molecule has 17 heavy (non-hydrogen) atoms. The molecule has 1 fully saturated rings. The second-order valence-corrected chi connectivity index (χ2v) is 4.55. The number of aliphatic hydroxyl groups is 1. The summed E-state index contributed by atoms with van der Waals surface area (Å²) in [4.78, 5) is 25.8. The van der Waals surface area contributed by atoms with Crippen molar-refractivity contribution in [2.45, 2.75) is 44.9 Å². The molecule has 1 heterocycles. The smallest absolute Gasteiger partial charge is 0.326 e. The first-order chi connectivity index (χ1) is 7.88. The molecule has 0 saturated carbocycles. The maximum Gasteiger partial charge on any atom is 0.326 e. The topological polar surface area (TPSA) is 81.1 Å². The minimum Gasteiger partial charge on any atom is -0.480 e. The molecule has 2 N–H and O–H groups in total. The van der Waals surface area contributed by atoms with Gasteiger partial charge in [0.2, 0.25) is 0 Å². The van der Waals surface area contributed by atoms with Crippen LogP contribution in [0.5, 0.6) is 0 Å². The van der Waals surface area contributed by atoms with Crippen LogP contribution in [0, 0.1) is 0 Å². The van der Waals surface area contributed by atoms with Crippen LogP contribution in [-0.2, 0) is 4.79 Å². The molecule has 1 aliphatic heterocycles. The first kappa shape index (κ1) is 13.8. The quantitative estimate of drug-likeness (QED) is 0.751. The van der Waals surface area contributed by atoms with Crippen molar-refractivity contribution in [3.63, 3.8) is 0 Å². The molecule has 0 bridgehead atoms. The average Bonchev–Trinajstić information content (AvgIpc) is 2.68. The number of amides is 2. The van der Waals surface area contributed by atoms with E-state index in [-0.39, 0.29) is 25.0 Å². The lowest BCUT2D eigenvalue weighted by Crippen LogP contribution is -2.49. The highest BCUT2D eigenvalue weighted by Gasteiger charge is 2.40. The molecule has 0 aromatic rings. The van der Waals surface area contributed by atoms with Gasteiger partial charge in [0, 0.05) is 26.1 Å². The fraction of sp³-hybridized carbons (Fsp3) is 0.818. The Labute approximate surface area is 101 Å². The monoisotopic (exact) mass is 244 g/mol. The van der Waals surface area contributed by atoms with E-state index in [9.17, 15) is 14.7 Å². The molecule has 6 heteroatoms. The number of carboxylic acid groups (broad SMARTS) is 1. The van der Waals surface area contributed by atoms with Gasteiger partial charge < -0.3 is 20.0 Å². The van der Waals surface area contributed by atoms with Gasteiger partial charge in [0.05, 0.1) is 6.10 Å². The summed E-state index contributed by atoms with van der Waals surface area (Å²) < 4.78 is 0. The molecule has 1 rings (SSSR count). The highest BCUT2D eigenvalue weighted by atomic mass is 16.4. The predicted molar refractivity (Wildman–Crippen MR) is 61.7 cm³/mol. The summed E-state index contributed by atoms with van der Waals surface area (Å²) in [5, 5.41) is 18.5. The Hall–Kier alpha value is -1.30. The normalized spacial score (nSPS) is 25.8. The predicted octanol–water partition coefficient (Wildman–Crippen LogP) is 0.357. The molecule has 2 amide bonds. The fourth-order valence-electron chi connectivity index (χ4n) is 1.92. The summed E-state index contributed by atoms with van der Waals surface area (Å²) in [6.45, 7) is 3.96. The van der Waals surface area contributed by atoms with Crippen LogP contribution in [0.25, 0.3) is 0 Å². The lowest BCUT2D eigenvalue weighted by atomic mass is 10.2. The molecular weight excluding hydrogens is 224 g/mol. The van der Waals surface area contributed by atoms with Crippen molar-refractivity contribution in [3.8, 4) is 0 Å². The molecular formula is C11H20N2O4. The van der Waals surface area contributed by atoms with Crippen LogP contribution >= 0.6 is 0 Å². The fourth-order valence-corrected chi connectivity index (χ4v) is 1.92. The lowest BCUT2D eigenvalue weighted by molar-refractivity contribution is -0.141. The Balaban J connectivity index is 2.77. The summed E-state index contributed by atoms with van der Waals surface area (Å²) in [6.07, 6.45) is 0.164. The van der Waals surface area contributed by atoms with E-state index in [1.807, 2.05) is 13.8 Å².